The highest BCUT2D eigenvalue weighted by Crippen LogP contribution is 2.41. The zero-order chi connectivity index (χ0) is 15.5. The van der Waals surface area contributed by atoms with Crippen molar-refractivity contribution < 1.29 is 9.66 Å². The molecule has 0 heterocycles. The van der Waals surface area contributed by atoms with Crippen molar-refractivity contribution in [2.24, 2.45) is 5.41 Å². The van der Waals surface area contributed by atoms with Crippen molar-refractivity contribution in [3.8, 4) is 11.8 Å². The van der Waals surface area contributed by atoms with Crippen molar-refractivity contribution in [3.63, 3.8) is 0 Å². The van der Waals surface area contributed by atoms with Crippen LogP contribution >= 0.6 is 35.2 Å². The highest BCUT2D eigenvalue weighted by Gasteiger charge is 2.34. The van der Waals surface area contributed by atoms with E-state index in [0.29, 0.717) is 15.9 Å². The lowest BCUT2D eigenvalue weighted by molar-refractivity contribution is -0.386. The summed E-state index contributed by atoms with van der Waals surface area (Å²) in [5.74, 6) is 0.973. The molecule has 0 atom stereocenters. The number of nitrogens with zero attached hydrogens (tertiary/aromatic N) is 2. The molecule has 0 aliphatic heterocycles. The van der Waals surface area contributed by atoms with Crippen LogP contribution in [0.15, 0.2) is 12.1 Å². The van der Waals surface area contributed by atoms with E-state index in [9.17, 15) is 10.1 Å². The van der Waals surface area contributed by atoms with E-state index in [4.69, 9.17) is 10.00 Å². The van der Waals surface area contributed by atoms with Gasteiger partial charge in [-0.25, -0.2) is 0 Å². The summed E-state index contributed by atoms with van der Waals surface area (Å²) in [5, 5.41) is 20.1. The van der Waals surface area contributed by atoms with Gasteiger partial charge >= 0.3 is 5.69 Å². The van der Waals surface area contributed by atoms with Gasteiger partial charge in [-0.2, -0.15) is 17.9 Å². The first-order valence-electron chi connectivity index (χ1n) is 6.63. The van der Waals surface area contributed by atoms with Gasteiger partial charge in [-0.1, -0.05) is 12.8 Å². The standard InChI is InChI=1S/C14H15IN2O3S/c15-11-5-10(7-16)6-12(17(18)19)13(11)20-8-14(9-21)3-1-2-4-14/h5-6,21H,1-4,8-9H2. The van der Waals surface area contributed by atoms with Gasteiger partial charge in [0.2, 0.25) is 5.75 Å². The molecule has 0 N–H and O–H groups in total. The van der Waals surface area contributed by atoms with Crippen LogP contribution in [-0.2, 0) is 0 Å². The fraction of sp³-hybridized carbons (Fsp3) is 0.500. The summed E-state index contributed by atoms with van der Waals surface area (Å²) < 4.78 is 6.39. The molecule has 0 radical (unpaired) electrons. The number of nitro groups is 1. The molecule has 112 valence electrons. The second-order valence-electron chi connectivity index (χ2n) is 5.33. The minimum Gasteiger partial charge on any atom is -0.485 e. The summed E-state index contributed by atoms with van der Waals surface area (Å²) in [6.45, 7) is 0.430. The van der Waals surface area contributed by atoms with Gasteiger partial charge in [-0.15, -0.1) is 0 Å². The van der Waals surface area contributed by atoms with Gasteiger partial charge in [0, 0.05) is 11.5 Å². The third-order valence-electron chi connectivity index (χ3n) is 3.87. The summed E-state index contributed by atoms with van der Waals surface area (Å²) in [6, 6.07) is 4.79. The molecule has 1 saturated carbocycles. The molecule has 0 spiro atoms. The number of rotatable bonds is 5. The third kappa shape index (κ3) is 3.61. The smallest absolute Gasteiger partial charge is 0.313 e. The number of ether oxygens (including phenoxy) is 1. The molecule has 1 aromatic carbocycles. The monoisotopic (exact) mass is 418 g/mol. The summed E-state index contributed by atoms with van der Waals surface area (Å²) in [6.07, 6.45) is 4.38. The largest absolute Gasteiger partial charge is 0.485 e. The lowest BCUT2D eigenvalue weighted by Gasteiger charge is -2.26. The minimum atomic E-state index is -0.500. The molecule has 5 nitrogen and oxygen atoms in total. The van der Waals surface area contributed by atoms with Gasteiger partial charge in [0.15, 0.2) is 0 Å². The van der Waals surface area contributed by atoms with E-state index < -0.39 is 4.92 Å². The van der Waals surface area contributed by atoms with Gasteiger partial charge in [0.1, 0.15) is 0 Å². The van der Waals surface area contributed by atoms with Crippen LogP contribution in [0.3, 0.4) is 0 Å². The van der Waals surface area contributed by atoms with E-state index in [0.717, 1.165) is 25.7 Å². The maximum Gasteiger partial charge on any atom is 0.313 e. The average Bonchev–Trinajstić information content (AvgIpc) is 2.94. The topological polar surface area (TPSA) is 76.2 Å². The number of thiol groups is 1. The summed E-state index contributed by atoms with van der Waals surface area (Å²) >= 11 is 6.38. The zero-order valence-corrected chi connectivity index (χ0v) is 14.4. The Hall–Kier alpha value is -1.01. The molecule has 1 aliphatic rings. The normalized spacial score (nSPS) is 16.4. The molecule has 21 heavy (non-hydrogen) atoms. The highest BCUT2D eigenvalue weighted by molar-refractivity contribution is 14.1. The fourth-order valence-corrected chi connectivity index (χ4v) is 3.80. The zero-order valence-electron chi connectivity index (χ0n) is 11.3. The Labute approximate surface area is 142 Å². The van der Waals surface area contributed by atoms with Crippen molar-refractivity contribution in [2.45, 2.75) is 25.7 Å². The second kappa shape index (κ2) is 6.83. The second-order valence-corrected chi connectivity index (χ2v) is 6.81. The molecule has 7 heteroatoms. The molecule has 1 fully saturated rings. The molecule has 0 saturated heterocycles. The first-order valence-corrected chi connectivity index (χ1v) is 8.34. The Morgan fingerprint density at radius 1 is 1.48 bits per heavy atom. The van der Waals surface area contributed by atoms with Crippen molar-refractivity contribution in [1.82, 2.24) is 0 Å². The predicted octanol–water partition coefficient (Wildman–Crippen LogP) is 3.94. The van der Waals surface area contributed by atoms with E-state index in [1.165, 1.54) is 6.07 Å². The van der Waals surface area contributed by atoms with Crippen LogP contribution in [0, 0.1) is 30.4 Å². The van der Waals surface area contributed by atoms with Crippen molar-refractivity contribution in [2.75, 3.05) is 12.4 Å². The van der Waals surface area contributed by atoms with Crippen LogP contribution < -0.4 is 4.74 Å². The lowest BCUT2D eigenvalue weighted by Crippen LogP contribution is -2.27. The van der Waals surface area contributed by atoms with Crippen LogP contribution in [0.2, 0.25) is 0 Å². The number of nitro benzene ring substituents is 1. The van der Waals surface area contributed by atoms with E-state index in [2.05, 4.69) is 12.6 Å². The third-order valence-corrected chi connectivity index (χ3v) is 5.34. The lowest BCUT2D eigenvalue weighted by atomic mass is 9.90. The van der Waals surface area contributed by atoms with E-state index in [1.54, 1.807) is 6.07 Å². The molecule has 1 aliphatic carbocycles. The van der Waals surface area contributed by atoms with Gasteiger partial charge in [-0.3, -0.25) is 10.1 Å². The highest BCUT2D eigenvalue weighted by atomic mass is 127. The van der Waals surface area contributed by atoms with Crippen molar-refractivity contribution >= 4 is 40.9 Å². The Kier molecular flexibility index (Phi) is 5.32. The summed E-state index contributed by atoms with van der Waals surface area (Å²) in [4.78, 5) is 10.7. The van der Waals surface area contributed by atoms with Gasteiger partial charge < -0.3 is 4.74 Å². The molecule has 1 aromatic rings. The fourth-order valence-electron chi connectivity index (χ4n) is 2.62. The van der Waals surface area contributed by atoms with Crippen LogP contribution in [-0.4, -0.2) is 17.3 Å². The molecule has 2 rings (SSSR count). The number of nitriles is 1. The van der Waals surface area contributed by atoms with E-state index in [-0.39, 0.29) is 22.4 Å². The number of benzene rings is 1. The Balaban J connectivity index is 2.27. The molecule has 0 unspecified atom stereocenters. The maximum atomic E-state index is 11.2. The first-order chi connectivity index (χ1) is 10.0. The quantitative estimate of drug-likeness (QED) is 0.340. The van der Waals surface area contributed by atoms with Gasteiger partial charge in [0.25, 0.3) is 0 Å². The number of hydrogen-bond acceptors (Lipinski definition) is 5. The molecule has 0 aromatic heterocycles. The molecule has 0 bridgehead atoms. The van der Waals surface area contributed by atoms with Crippen LogP contribution in [0.25, 0.3) is 0 Å². The van der Waals surface area contributed by atoms with Crippen LogP contribution in [0.4, 0.5) is 5.69 Å². The first kappa shape index (κ1) is 16.4. The van der Waals surface area contributed by atoms with Crippen LogP contribution in [0.1, 0.15) is 31.2 Å². The minimum absolute atomic E-state index is 0.00790. The molecule has 0 amide bonds. The Bertz CT molecular complexity index is 595. The number of halogens is 1. The maximum absolute atomic E-state index is 11.2. The molecular weight excluding hydrogens is 403 g/mol. The van der Waals surface area contributed by atoms with Gasteiger partial charge in [-0.05, 0) is 47.3 Å². The molecular formula is C14H15IN2O3S. The van der Waals surface area contributed by atoms with Crippen molar-refractivity contribution in [3.05, 3.63) is 31.4 Å². The Morgan fingerprint density at radius 3 is 2.67 bits per heavy atom. The van der Waals surface area contributed by atoms with Gasteiger partial charge in [0.05, 0.1) is 26.7 Å². The van der Waals surface area contributed by atoms with E-state index in [1.807, 2.05) is 28.7 Å². The SMILES string of the molecule is N#Cc1cc(I)c(OCC2(CS)CCCC2)c([N+](=O)[O-])c1. The number of hydrogen-bond donors (Lipinski definition) is 1. The summed E-state index contributed by atoms with van der Waals surface area (Å²) in [5.41, 5.74) is 0.127. The predicted molar refractivity (Wildman–Crippen MR) is 90.8 cm³/mol. The van der Waals surface area contributed by atoms with Crippen LogP contribution in [0.5, 0.6) is 5.75 Å². The van der Waals surface area contributed by atoms with Crippen molar-refractivity contribution in [1.29, 1.82) is 5.26 Å². The van der Waals surface area contributed by atoms with E-state index >= 15 is 0 Å². The summed E-state index contributed by atoms with van der Waals surface area (Å²) in [7, 11) is 0. The Morgan fingerprint density at radius 2 is 2.14 bits per heavy atom. The average molecular weight is 418 g/mol.